The minimum absolute atomic E-state index is 0.273. The number of nitrogens with zero attached hydrogens (tertiary/aromatic N) is 3. The maximum Gasteiger partial charge on any atom is 0.410 e. The van der Waals surface area contributed by atoms with Gasteiger partial charge in [0, 0.05) is 19.3 Å². The molecular weight excluding hydrogens is 280 g/mol. The van der Waals surface area contributed by atoms with Gasteiger partial charge >= 0.3 is 6.09 Å². The zero-order valence-electron chi connectivity index (χ0n) is 13.1. The molecular formula is C16H20N4O2. The van der Waals surface area contributed by atoms with Crippen LogP contribution in [-0.2, 0) is 4.74 Å². The Labute approximate surface area is 129 Å². The molecule has 0 saturated heterocycles. The summed E-state index contributed by atoms with van der Waals surface area (Å²) in [4.78, 5) is 25.7. The highest BCUT2D eigenvalue weighted by molar-refractivity contribution is 5.76. The summed E-state index contributed by atoms with van der Waals surface area (Å²) in [6.07, 6.45) is 6.10. The number of rotatable bonds is 1. The molecule has 2 aromatic heterocycles. The highest BCUT2D eigenvalue weighted by Gasteiger charge is 2.24. The maximum absolute atomic E-state index is 12.0. The molecule has 3 rings (SSSR count). The van der Waals surface area contributed by atoms with Gasteiger partial charge in [-0.2, -0.15) is 0 Å². The van der Waals surface area contributed by atoms with Crippen LogP contribution >= 0.6 is 0 Å². The summed E-state index contributed by atoms with van der Waals surface area (Å²) in [6.45, 7) is 6.76. The molecule has 1 amide bonds. The summed E-state index contributed by atoms with van der Waals surface area (Å²) in [5, 5.41) is 0. The van der Waals surface area contributed by atoms with E-state index in [1.807, 2.05) is 39.1 Å². The topological polar surface area (TPSA) is 71.1 Å². The maximum atomic E-state index is 12.0. The molecule has 6 heteroatoms. The molecule has 0 aromatic carbocycles. The normalized spacial score (nSPS) is 15.8. The van der Waals surface area contributed by atoms with Crippen LogP contribution in [0.25, 0.3) is 16.6 Å². The van der Waals surface area contributed by atoms with Gasteiger partial charge in [0.25, 0.3) is 0 Å². The summed E-state index contributed by atoms with van der Waals surface area (Å²) in [6, 6.07) is 1.93. The van der Waals surface area contributed by atoms with Crippen molar-refractivity contribution in [2.75, 3.05) is 13.1 Å². The van der Waals surface area contributed by atoms with Crippen molar-refractivity contribution in [1.29, 1.82) is 0 Å². The highest BCUT2D eigenvalue weighted by Crippen LogP contribution is 2.22. The van der Waals surface area contributed by atoms with Crippen molar-refractivity contribution in [2.45, 2.75) is 32.8 Å². The number of carbonyl (C=O) groups excluding carboxylic acids is 1. The number of amides is 1. The average Bonchev–Trinajstić information content (AvgIpc) is 2.93. The number of ether oxygens (including phenoxy) is 1. The first kappa shape index (κ1) is 14.6. The smallest absolute Gasteiger partial charge is 0.410 e. The fourth-order valence-electron chi connectivity index (χ4n) is 2.36. The lowest BCUT2D eigenvalue weighted by Crippen LogP contribution is -2.39. The highest BCUT2D eigenvalue weighted by atomic mass is 16.6. The number of nitrogens with one attached hydrogen (secondary N) is 1. The van der Waals surface area contributed by atoms with Crippen LogP contribution in [0.5, 0.6) is 0 Å². The fourth-order valence-corrected chi connectivity index (χ4v) is 2.36. The minimum Gasteiger partial charge on any atom is -0.444 e. The van der Waals surface area contributed by atoms with Crippen LogP contribution in [0.1, 0.15) is 33.0 Å². The number of aromatic amines is 1. The second-order valence-corrected chi connectivity index (χ2v) is 6.38. The Morgan fingerprint density at radius 1 is 1.41 bits per heavy atom. The molecule has 0 spiro atoms. The van der Waals surface area contributed by atoms with E-state index in [1.54, 1.807) is 11.1 Å². The third-order valence-electron chi connectivity index (χ3n) is 3.45. The molecule has 0 saturated carbocycles. The summed E-state index contributed by atoms with van der Waals surface area (Å²) < 4.78 is 5.39. The van der Waals surface area contributed by atoms with E-state index < -0.39 is 5.60 Å². The largest absolute Gasteiger partial charge is 0.444 e. The molecule has 0 unspecified atom stereocenters. The molecule has 0 atom stereocenters. The van der Waals surface area contributed by atoms with E-state index in [1.165, 1.54) is 0 Å². The van der Waals surface area contributed by atoms with Crippen molar-refractivity contribution in [3.8, 4) is 0 Å². The van der Waals surface area contributed by atoms with Crippen LogP contribution in [0.4, 0.5) is 4.79 Å². The van der Waals surface area contributed by atoms with Crippen molar-refractivity contribution in [3.05, 3.63) is 30.4 Å². The number of hydrogen-bond donors (Lipinski definition) is 1. The lowest BCUT2D eigenvalue weighted by Gasteiger charge is -2.29. The van der Waals surface area contributed by atoms with Crippen molar-refractivity contribution < 1.29 is 9.53 Å². The van der Waals surface area contributed by atoms with Crippen molar-refractivity contribution in [2.24, 2.45) is 0 Å². The van der Waals surface area contributed by atoms with Gasteiger partial charge in [0.2, 0.25) is 0 Å². The zero-order chi connectivity index (χ0) is 15.7. The SMILES string of the molecule is CC(C)(C)OC(=O)N1CC=C(c2ncc3[nH]ccc3n2)CC1. The molecule has 22 heavy (non-hydrogen) atoms. The molecule has 0 aliphatic carbocycles. The third-order valence-corrected chi connectivity index (χ3v) is 3.45. The molecule has 0 radical (unpaired) electrons. The van der Waals surface area contributed by atoms with Crippen LogP contribution in [-0.4, -0.2) is 44.6 Å². The van der Waals surface area contributed by atoms with Gasteiger partial charge in [-0.1, -0.05) is 6.08 Å². The first-order valence-electron chi connectivity index (χ1n) is 7.40. The molecule has 116 valence electrons. The van der Waals surface area contributed by atoms with Crippen LogP contribution in [0.15, 0.2) is 24.5 Å². The number of fused-ring (bicyclic) bond motifs is 1. The summed E-state index contributed by atoms with van der Waals surface area (Å²) in [5.41, 5.74) is 2.43. The van der Waals surface area contributed by atoms with Crippen LogP contribution in [0.3, 0.4) is 0 Å². The Morgan fingerprint density at radius 3 is 2.91 bits per heavy atom. The first-order valence-corrected chi connectivity index (χ1v) is 7.40. The predicted octanol–water partition coefficient (Wildman–Crippen LogP) is 2.98. The van der Waals surface area contributed by atoms with Gasteiger partial charge in [0.15, 0.2) is 5.82 Å². The first-order chi connectivity index (χ1) is 10.4. The molecule has 0 bridgehead atoms. The van der Waals surface area contributed by atoms with Crippen LogP contribution < -0.4 is 0 Å². The van der Waals surface area contributed by atoms with E-state index in [0.717, 1.165) is 28.9 Å². The molecule has 3 heterocycles. The third kappa shape index (κ3) is 3.10. The Balaban J connectivity index is 1.72. The number of carbonyl (C=O) groups is 1. The summed E-state index contributed by atoms with van der Waals surface area (Å²) in [7, 11) is 0. The molecule has 1 N–H and O–H groups in total. The van der Waals surface area contributed by atoms with Gasteiger partial charge in [0.05, 0.1) is 17.2 Å². The second kappa shape index (κ2) is 5.44. The molecule has 1 aliphatic heterocycles. The lowest BCUT2D eigenvalue weighted by molar-refractivity contribution is 0.0270. The minimum atomic E-state index is -0.469. The van der Waals surface area contributed by atoms with E-state index in [9.17, 15) is 4.79 Å². The Bertz CT molecular complexity index is 727. The Morgan fingerprint density at radius 2 is 2.23 bits per heavy atom. The van der Waals surface area contributed by atoms with E-state index >= 15 is 0 Å². The summed E-state index contributed by atoms with van der Waals surface area (Å²) >= 11 is 0. The van der Waals surface area contributed by atoms with Crippen molar-refractivity contribution in [1.82, 2.24) is 19.9 Å². The van der Waals surface area contributed by atoms with Gasteiger partial charge in [-0.15, -0.1) is 0 Å². The van der Waals surface area contributed by atoms with Crippen molar-refractivity contribution >= 4 is 22.7 Å². The number of H-pyrrole nitrogens is 1. The van der Waals surface area contributed by atoms with E-state index in [4.69, 9.17) is 4.74 Å². The zero-order valence-corrected chi connectivity index (χ0v) is 13.1. The van der Waals surface area contributed by atoms with E-state index in [-0.39, 0.29) is 6.09 Å². The average molecular weight is 300 g/mol. The fraction of sp³-hybridized carbons (Fsp3) is 0.438. The van der Waals surface area contributed by atoms with Gasteiger partial charge < -0.3 is 14.6 Å². The predicted molar refractivity (Wildman–Crippen MR) is 84.3 cm³/mol. The number of hydrogen-bond acceptors (Lipinski definition) is 4. The Kier molecular flexibility index (Phi) is 3.60. The van der Waals surface area contributed by atoms with Crippen molar-refractivity contribution in [3.63, 3.8) is 0 Å². The monoisotopic (exact) mass is 300 g/mol. The van der Waals surface area contributed by atoms with Crippen LogP contribution in [0, 0.1) is 0 Å². The van der Waals surface area contributed by atoms with Gasteiger partial charge in [-0.05, 0) is 38.8 Å². The van der Waals surface area contributed by atoms with E-state index in [2.05, 4.69) is 15.0 Å². The van der Waals surface area contributed by atoms with Crippen LogP contribution in [0.2, 0.25) is 0 Å². The lowest BCUT2D eigenvalue weighted by atomic mass is 10.1. The quantitative estimate of drug-likeness (QED) is 0.879. The standard InChI is InChI=1S/C16H20N4O2/c1-16(2,3)22-15(21)20-8-5-11(6-9-20)14-18-10-13-12(19-14)4-7-17-13/h4-5,7,10,17H,6,8-9H2,1-3H3. The van der Waals surface area contributed by atoms with Gasteiger partial charge in [-0.3, -0.25) is 0 Å². The molecule has 6 nitrogen and oxygen atoms in total. The van der Waals surface area contributed by atoms with Gasteiger partial charge in [0.1, 0.15) is 5.60 Å². The molecule has 0 fully saturated rings. The molecule has 1 aliphatic rings. The summed E-state index contributed by atoms with van der Waals surface area (Å²) in [5.74, 6) is 0.732. The van der Waals surface area contributed by atoms with Gasteiger partial charge in [-0.25, -0.2) is 14.8 Å². The molecule has 2 aromatic rings. The van der Waals surface area contributed by atoms with E-state index in [0.29, 0.717) is 13.1 Å². The Hall–Kier alpha value is -2.37. The number of aromatic nitrogens is 3. The second-order valence-electron chi connectivity index (χ2n) is 6.38.